The van der Waals surface area contributed by atoms with E-state index in [1.165, 1.54) is 11.1 Å². The molecule has 0 saturated heterocycles. The number of hydrogen-bond acceptors (Lipinski definition) is 2. The van der Waals surface area contributed by atoms with Gasteiger partial charge in [0.05, 0.1) is 13.0 Å². The molecule has 0 saturated carbocycles. The van der Waals surface area contributed by atoms with E-state index in [1.807, 2.05) is 26.0 Å². The van der Waals surface area contributed by atoms with Crippen molar-refractivity contribution < 1.29 is 9.53 Å². The van der Waals surface area contributed by atoms with Gasteiger partial charge >= 0.3 is 0 Å². The summed E-state index contributed by atoms with van der Waals surface area (Å²) < 4.78 is 5.58. The predicted octanol–water partition coefficient (Wildman–Crippen LogP) is 2.84. The minimum Gasteiger partial charge on any atom is -0.493 e. The first-order chi connectivity index (χ1) is 8.47. The van der Waals surface area contributed by atoms with Gasteiger partial charge in [-0.15, -0.1) is 0 Å². The number of rotatable bonds is 6. The van der Waals surface area contributed by atoms with Crippen LogP contribution in [-0.4, -0.2) is 19.1 Å². The van der Waals surface area contributed by atoms with E-state index < -0.39 is 0 Å². The maximum atomic E-state index is 11.5. The number of benzene rings is 1. The van der Waals surface area contributed by atoms with Crippen LogP contribution in [0, 0.1) is 19.8 Å². The highest BCUT2D eigenvalue weighted by Gasteiger charge is 2.03. The Bertz CT molecular complexity index is 379. The molecule has 1 aromatic rings. The lowest BCUT2D eigenvalue weighted by Crippen LogP contribution is -2.28. The highest BCUT2D eigenvalue weighted by atomic mass is 16.5. The van der Waals surface area contributed by atoms with Gasteiger partial charge < -0.3 is 10.1 Å². The molecule has 0 unspecified atom stereocenters. The van der Waals surface area contributed by atoms with Gasteiger partial charge in [0.2, 0.25) is 5.91 Å². The van der Waals surface area contributed by atoms with Gasteiger partial charge in [0.25, 0.3) is 0 Å². The lowest BCUT2D eigenvalue weighted by Gasteiger charge is -2.09. The third kappa shape index (κ3) is 5.71. The molecule has 1 N–H and O–H groups in total. The molecule has 0 aliphatic heterocycles. The Morgan fingerprint density at radius 2 is 1.83 bits per heavy atom. The molecule has 3 nitrogen and oxygen atoms in total. The molecule has 0 aliphatic carbocycles. The molecule has 1 aromatic carbocycles. The number of aryl methyl sites for hydroxylation is 2. The van der Waals surface area contributed by atoms with Crippen molar-refractivity contribution >= 4 is 5.91 Å². The molecular formula is C15H23NO2. The number of ether oxygens (including phenoxy) is 1. The van der Waals surface area contributed by atoms with Crippen molar-refractivity contribution in [3.05, 3.63) is 29.3 Å². The average molecular weight is 249 g/mol. The summed E-state index contributed by atoms with van der Waals surface area (Å²) in [5.41, 5.74) is 2.35. The zero-order chi connectivity index (χ0) is 13.5. The van der Waals surface area contributed by atoms with Crippen LogP contribution in [0.2, 0.25) is 0 Å². The highest BCUT2D eigenvalue weighted by molar-refractivity contribution is 5.75. The standard InChI is InChI=1S/C15H23NO2/c1-11(2)10-16-15(17)5-6-18-14-8-12(3)7-13(4)9-14/h7-9,11H,5-6,10H2,1-4H3,(H,16,17). The first kappa shape index (κ1) is 14.6. The van der Waals surface area contributed by atoms with Crippen LogP contribution in [0.1, 0.15) is 31.4 Å². The van der Waals surface area contributed by atoms with Crippen molar-refractivity contribution in [2.75, 3.05) is 13.2 Å². The molecule has 1 amide bonds. The molecule has 0 atom stereocenters. The third-order valence-corrected chi connectivity index (χ3v) is 2.50. The van der Waals surface area contributed by atoms with E-state index >= 15 is 0 Å². The van der Waals surface area contributed by atoms with E-state index in [9.17, 15) is 4.79 Å². The van der Waals surface area contributed by atoms with E-state index in [2.05, 4.69) is 25.2 Å². The summed E-state index contributed by atoms with van der Waals surface area (Å²) in [5, 5.41) is 2.87. The number of amides is 1. The quantitative estimate of drug-likeness (QED) is 0.842. The van der Waals surface area contributed by atoms with Crippen molar-refractivity contribution in [2.45, 2.75) is 34.1 Å². The van der Waals surface area contributed by atoms with Crippen LogP contribution in [0.3, 0.4) is 0 Å². The Balaban J connectivity index is 2.30. The molecule has 0 fully saturated rings. The van der Waals surface area contributed by atoms with Gasteiger partial charge in [-0.05, 0) is 43.0 Å². The van der Waals surface area contributed by atoms with E-state index in [4.69, 9.17) is 4.74 Å². The maximum absolute atomic E-state index is 11.5. The molecule has 0 bridgehead atoms. The largest absolute Gasteiger partial charge is 0.493 e. The van der Waals surface area contributed by atoms with Crippen LogP contribution in [0.5, 0.6) is 5.75 Å². The smallest absolute Gasteiger partial charge is 0.223 e. The van der Waals surface area contributed by atoms with Crippen LogP contribution in [0.25, 0.3) is 0 Å². The normalized spacial score (nSPS) is 10.5. The number of nitrogens with one attached hydrogen (secondary N) is 1. The summed E-state index contributed by atoms with van der Waals surface area (Å²) >= 11 is 0. The number of hydrogen-bond donors (Lipinski definition) is 1. The summed E-state index contributed by atoms with van der Waals surface area (Å²) in [4.78, 5) is 11.5. The average Bonchev–Trinajstić information content (AvgIpc) is 2.25. The van der Waals surface area contributed by atoms with Crippen molar-refractivity contribution in [3.63, 3.8) is 0 Å². The Morgan fingerprint density at radius 3 is 2.39 bits per heavy atom. The van der Waals surface area contributed by atoms with Gasteiger partial charge in [0.15, 0.2) is 0 Å². The zero-order valence-electron chi connectivity index (χ0n) is 11.7. The van der Waals surface area contributed by atoms with Crippen molar-refractivity contribution in [3.8, 4) is 5.75 Å². The SMILES string of the molecule is Cc1cc(C)cc(OCCC(=O)NCC(C)C)c1. The van der Waals surface area contributed by atoms with Gasteiger partial charge in [-0.3, -0.25) is 4.79 Å². The second-order valence-corrected chi connectivity index (χ2v) is 5.12. The lowest BCUT2D eigenvalue weighted by atomic mass is 10.1. The Morgan fingerprint density at radius 1 is 1.22 bits per heavy atom. The predicted molar refractivity (Wildman–Crippen MR) is 73.9 cm³/mol. The van der Waals surface area contributed by atoms with Crippen LogP contribution < -0.4 is 10.1 Å². The Kier molecular flexibility index (Phi) is 5.69. The van der Waals surface area contributed by atoms with Crippen LogP contribution in [0.4, 0.5) is 0 Å². The fourth-order valence-electron chi connectivity index (χ4n) is 1.68. The molecule has 18 heavy (non-hydrogen) atoms. The Hall–Kier alpha value is -1.51. The first-order valence-corrected chi connectivity index (χ1v) is 6.45. The second kappa shape index (κ2) is 7.04. The topological polar surface area (TPSA) is 38.3 Å². The maximum Gasteiger partial charge on any atom is 0.223 e. The first-order valence-electron chi connectivity index (χ1n) is 6.45. The molecule has 100 valence electrons. The summed E-state index contributed by atoms with van der Waals surface area (Å²) in [5.74, 6) is 1.37. The van der Waals surface area contributed by atoms with Crippen LogP contribution in [0.15, 0.2) is 18.2 Å². The fourth-order valence-corrected chi connectivity index (χ4v) is 1.68. The van der Waals surface area contributed by atoms with Crippen molar-refractivity contribution in [2.24, 2.45) is 5.92 Å². The van der Waals surface area contributed by atoms with Gasteiger partial charge in [-0.2, -0.15) is 0 Å². The molecule has 0 aromatic heterocycles. The molecular weight excluding hydrogens is 226 g/mol. The lowest BCUT2D eigenvalue weighted by molar-refractivity contribution is -0.121. The van der Waals surface area contributed by atoms with Crippen molar-refractivity contribution in [1.82, 2.24) is 5.32 Å². The second-order valence-electron chi connectivity index (χ2n) is 5.12. The van der Waals surface area contributed by atoms with E-state index in [-0.39, 0.29) is 5.91 Å². The Labute approximate surface area is 110 Å². The van der Waals surface area contributed by atoms with Gasteiger partial charge in [-0.1, -0.05) is 19.9 Å². The van der Waals surface area contributed by atoms with Crippen LogP contribution >= 0.6 is 0 Å². The highest BCUT2D eigenvalue weighted by Crippen LogP contribution is 2.16. The molecule has 0 aliphatic rings. The molecule has 0 spiro atoms. The van der Waals surface area contributed by atoms with Crippen LogP contribution in [-0.2, 0) is 4.79 Å². The summed E-state index contributed by atoms with van der Waals surface area (Å²) in [7, 11) is 0. The summed E-state index contributed by atoms with van der Waals surface area (Å²) in [6.07, 6.45) is 0.402. The minimum absolute atomic E-state index is 0.0491. The zero-order valence-corrected chi connectivity index (χ0v) is 11.7. The molecule has 3 heteroatoms. The molecule has 1 rings (SSSR count). The third-order valence-electron chi connectivity index (χ3n) is 2.50. The minimum atomic E-state index is 0.0491. The van der Waals surface area contributed by atoms with Gasteiger partial charge in [0, 0.05) is 6.54 Å². The molecule has 0 radical (unpaired) electrons. The van der Waals surface area contributed by atoms with E-state index in [0.29, 0.717) is 18.9 Å². The van der Waals surface area contributed by atoms with Gasteiger partial charge in [0.1, 0.15) is 5.75 Å². The molecule has 0 heterocycles. The van der Waals surface area contributed by atoms with E-state index in [0.717, 1.165) is 12.3 Å². The summed E-state index contributed by atoms with van der Waals surface area (Å²) in [6.45, 7) is 9.37. The van der Waals surface area contributed by atoms with E-state index in [1.54, 1.807) is 0 Å². The summed E-state index contributed by atoms with van der Waals surface area (Å²) in [6, 6.07) is 6.07. The fraction of sp³-hybridized carbons (Fsp3) is 0.533. The van der Waals surface area contributed by atoms with Crippen molar-refractivity contribution in [1.29, 1.82) is 0 Å². The van der Waals surface area contributed by atoms with Gasteiger partial charge in [-0.25, -0.2) is 0 Å². The monoisotopic (exact) mass is 249 g/mol. The number of carbonyl (C=O) groups is 1. The number of carbonyl (C=O) groups excluding carboxylic acids is 1.